The number of para-hydroxylation sites is 1. The average molecular weight is 350 g/mol. The Morgan fingerprint density at radius 2 is 1.71 bits per heavy atom. The topological polar surface area (TPSA) is 105 Å². The number of carbonyl (C=O) groups excluding carboxylic acids is 1. The van der Waals surface area contributed by atoms with Gasteiger partial charge in [0.1, 0.15) is 5.75 Å². The largest absolute Gasteiger partial charge is 0.484 e. The smallest absolute Gasteiger partial charge is 0.261 e. The first-order valence-electron chi connectivity index (χ1n) is 7.19. The lowest BCUT2D eigenvalue weighted by molar-refractivity contribution is -0.123. The van der Waals surface area contributed by atoms with Gasteiger partial charge in [-0.1, -0.05) is 18.2 Å². The van der Waals surface area contributed by atoms with Crippen LogP contribution in [0, 0.1) is 0 Å². The fourth-order valence-corrected chi connectivity index (χ4v) is 2.89. The van der Waals surface area contributed by atoms with E-state index in [0.717, 1.165) is 0 Å². The number of hydrogen-bond donors (Lipinski definition) is 3. The maximum atomic E-state index is 12.3. The number of sulfonamides is 1. The van der Waals surface area contributed by atoms with E-state index in [1.807, 2.05) is 0 Å². The van der Waals surface area contributed by atoms with Crippen LogP contribution in [0.1, 0.15) is 0 Å². The zero-order chi connectivity index (χ0) is 17.4. The molecule has 2 rings (SSSR count). The summed E-state index contributed by atoms with van der Waals surface area (Å²) in [5.41, 5.74) is 0.471. The van der Waals surface area contributed by atoms with Gasteiger partial charge in [-0.3, -0.25) is 9.52 Å². The summed E-state index contributed by atoms with van der Waals surface area (Å²) in [4.78, 5) is 11.4. The summed E-state index contributed by atoms with van der Waals surface area (Å²) < 4.78 is 32.2. The Labute approximate surface area is 140 Å². The standard InChI is InChI=1S/C16H18N2O5S/c19-11-10-17-16(20)12-23-14-6-8-15(9-7-14)24(21,22)18-13-4-2-1-3-5-13/h1-9,18-19H,10-12H2,(H,17,20). The molecule has 0 saturated carbocycles. The molecule has 0 heterocycles. The van der Waals surface area contributed by atoms with E-state index in [0.29, 0.717) is 11.4 Å². The summed E-state index contributed by atoms with van der Waals surface area (Å²) in [5.74, 6) is -0.000646. The number of ether oxygens (including phenoxy) is 1. The first-order chi connectivity index (χ1) is 11.5. The van der Waals surface area contributed by atoms with Crippen molar-refractivity contribution >= 4 is 21.6 Å². The molecule has 0 aromatic heterocycles. The molecule has 0 unspecified atom stereocenters. The molecule has 1 amide bonds. The zero-order valence-corrected chi connectivity index (χ0v) is 13.6. The molecule has 2 aromatic rings. The third-order valence-corrected chi connectivity index (χ3v) is 4.36. The third-order valence-electron chi connectivity index (χ3n) is 2.96. The molecule has 0 bridgehead atoms. The van der Waals surface area contributed by atoms with E-state index in [1.54, 1.807) is 30.3 Å². The van der Waals surface area contributed by atoms with Crippen LogP contribution in [-0.2, 0) is 14.8 Å². The Hall–Kier alpha value is -2.58. The minimum atomic E-state index is -3.69. The number of anilines is 1. The number of aliphatic hydroxyl groups is 1. The Balaban J connectivity index is 1.97. The van der Waals surface area contributed by atoms with Crippen LogP contribution in [0.25, 0.3) is 0 Å². The Kier molecular flexibility index (Phi) is 6.16. The van der Waals surface area contributed by atoms with Crippen molar-refractivity contribution < 1.29 is 23.1 Å². The maximum absolute atomic E-state index is 12.3. The van der Waals surface area contributed by atoms with Crippen LogP contribution in [0.5, 0.6) is 5.75 Å². The van der Waals surface area contributed by atoms with Crippen molar-refractivity contribution in [3.8, 4) is 5.75 Å². The molecule has 0 aliphatic carbocycles. The molecule has 0 atom stereocenters. The molecule has 0 spiro atoms. The molecule has 2 aromatic carbocycles. The lowest BCUT2D eigenvalue weighted by Gasteiger charge is -2.09. The Bertz CT molecular complexity index is 761. The normalized spacial score (nSPS) is 10.9. The average Bonchev–Trinajstić information content (AvgIpc) is 2.59. The van der Waals surface area contributed by atoms with Crippen molar-refractivity contribution in [3.63, 3.8) is 0 Å². The molecule has 24 heavy (non-hydrogen) atoms. The van der Waals surface area contributed by atoms with Crippen molar-refractivity contribution in [2.75, 3.05) is 24.5 Å². The molecule has 0 saturated heterocycles. The summed E-state index contributed by atoms with van der Waals surface area (Å²) in [7, 11) is -3.69. The van der Waals surface area contributed by atoms with E-state index in [1.165, 1.54) is 24.3 Å². The van der Waals surface area contributed by atoms with Gasteiger partial charge in [0, 0.05) is 12.2 Å². The van der Waals surface area contributed by atoms with Gasteiger partial charge in [-0.25, -0.2) is 8.42 Å². The first kappa shape index (κ1) is 17.8. The SMILES string of the molecule is O=C(COc1ccc(S(=O)(=O)Nc2ccccc2)cc1)NCCO. The first-order valence-corrected chi connectivity index (χ1v) is 8.68. The predicted molar refractivity (Wildman–Crippen MR) is 89.3 cm³/mol. The number of benzene rings is 2. The Morgan fingerprint density at radius 1 is 1.04 bits per heavy atom. The van der Waals surface area contributed by atoms with Crippen LogP contribution in [0.15, 0.2) is 59.5 Å². The number of aliphatic hydroxyl groups excluding tert-OH is 1. The molecule has 3 N–H and O–H groups in total. The van der Waals surface area contributed by atoms with Gasteiger partial charge < -0.3 is 15.2 Å². The summed E-state index contributed by atoms with van der Waals surface area (Å²) in [6.45, 7) is -0.203. The second-order valence-corrected chi connectivity index (χ2v) is 6.49. The highest BCUT2D eigenvalue weighted by atomic mass is 32.2. The number of hydrogen-bond acceptors (Lipinski definition) is 5. The van der Waals surface area contributed by atoms with Gasteiger partial charge in [0.2, 0.25) is 0 Å². The fraction of sp³-hybridized carbons (Fsp3) is 0.188. The van der Waals surface area contributed by atoms with Gasteiger partial charge in [0.25, 0.3) is 15.9 Å². The van der Waals surface area contributed by atoms with Gasteiger partial charge in [0.05, 0.1) is 11.5 Å². The lowest BCUT2D eigenvalue weighted by atomic mass is 10.3. The van der Waals surface area contributed by atoms with Crippen LogP contribution in [0.3, 0.4) is 0 Å². The molecule has 8 heteroatoms. The number of nitrogens with one attached hydrogen (secondary N) is 2. The minimum Gasteiger partial charge on any atom is -0.484 e. The summed E-state index contributed by atoms with van der Waals surface area (Å²) in [5, 5.41) is 11.0. The number of amides is 1. The Morgan fingerprint density at radius 3 is 2.33 bits per heavy atom. The molecule has 7 nitrogen and oxygen atoms in total. The van der Waals surface area contributed by atoms with Gasteiger partial charge in [-0.2, -0.15) is 0 Å². The predicted octanol–water partition coefficient (Wildman–Crippen LogP) is 0.975. The van der Waals surface area contributed by atoms with Gasteiger partial charge in [-0.15, -0.1) is 0 Å². The van der Waals surface area contributed by atoms with Crippen molar-refractivity contribution in [3.05, 3.63) is 54.6 Å². The molecule has 128 valence electrons. The van der Waals surface area contributed by atoms with Crippen molar-refractivity contribution in [2.24, 2.45) is 0 Å². The second kappa shape index (κ2) is 8.32. The number of carbonyl (C=O) groups is 1. The summed E-state index contributed by atoms with van der Waals surface area (Å²) in [6.07, 6.45) is 0. The van der Waals surface area contributed by atoms with Crippen LogP contribution < -0.4 is 14.8 Å². The van der Waals surface area contributed by atoms with E-state index in [-0.39, 0.29) is 30.6 Å². The quantitative estimate of drug-likeness (QED) is 0.658. The van der Waals surface area contributed by atoms with Crippen LogP contribution in [0.2, 0.25) is 0 Å². The molecular formula is C16H18N2O5S. The van der Waals surface area contributed by atoms with Crippen molar-refractivity contribution in [1.29, 1.82) is 0 Å². The van der Waals surface area contributed by atoms with Gasteiger partial charge in [-0.05, 0) is 36.4 Å². The van der Waals surface area contributed by atoms with Gasteiger partial charge >= 0.3 is 0 Å². The molecule has 0 aliphatic heterocycles. The van der Waals surface area contributed by atoms with E-state index in [9.17, 15) is 13.2 Å². The number of rotatable bonds is 8. The highest BCUT2D eigenvalue weighted by Gasteiger charge is 2.14. The molecular weight excluding hydrogens is 332 g/mol. The van der Waals surface area contributed by atoms with E-state index >= 15 is 0 Å². The minimum absolute atomic E-state index is 0.0865. The van der Waals surface area contributed by atoms with Crippen LogP contribution >= 0.6 is 0 Å². The lowest BCUT2D eigenvalue weighted by Crippen LogP contribution is -2.31. The molecule has 0 fully saturated rings. The van der Waals surface area contributed by atoms with Crippen molar-refractivity contribution in [1.82, 2.24) is 5.32 Å². The monoisotopic (exact) mass is 350 g/mol. The van der Waals surface area contributed by atoms with E-state index < -0.39 is 10.0 Å². The third kappa shape index (κ3) is 5.25. The highest BCUT2D eigenvalue weighted by molar-refractivity contribution is 7.92. The second-order valence-electron chi connectivity index (χ2n) is 4.81. The summed E-state index contributed by atoms with van der Waals surface area (Å²) in [6, 6.07) is 14.3. The van der Waals surface area contributed by atoms with Crippen LogP contribution in [-0.4, -0.2) is 39.2 Å². The van der Waals surface area contributed by atoms with E-state index in [2.05, 4.69) is 10.0 Å². The highest BCUT2D eigenvalue weighted by Crippen LogP contribution is 2.19. The van der Waals surface area contributed by atoms with E-state index in [4.69, 9.17) is 9.84 Å². The van der Waals surface area contributed by atoms with Gasteiger partial charge in [0.15, 0.2) is 6.61 Å². The summed E-state index contributed by atoms with van der Waals surface area (Å²) >= 11 is 0. The van der Waals surface area contributed by atoms with Crippen molar-refractivity contribution in [2.45, 2.75) is 4.90 Å². The zero-order valence-electron chi connectivity index (χ0n) is 12.8. The van der Waals surface area contributed by atoms with Crippen LogP contribution in [0.4, 0.5) is 5.69 Å². The molecule has 0 aliphatic rings. The fourth-order valence-electron chi connectivity index (χ4n) is 1.83. The maximum Gasteiger partial charge on any atom is 0.261 e. The molecule has 0 radical (unpaired) electrons.